The number of carbonyl (C=O) groups is 1. The zero-order chi connectivity index (χ0) is 16.8. The Labute approximate surface area is 133 Å². The van der Waals surface area contributed by atoms with E-state index in [4.69, 9.17) is 9.84 Å². The van der Waals surface area contributed by atoms with E-state index < -0.39 is 11.2 Å². The average Bonchev–Trinajstić information content (AvgIpc) is 2.42. The van der Waals surface area contributed by atoms with Crippen molar-refractivity contribution in [2.24, 2.45) is 5.92 Å². The molecule has 130 valence electrons. The molecule has 1 fully saturated rings. The molecule has 0 aromatic carbocycles. The van der Waals surface area contributed by atoms with Gasteiger partial charge in [-0.25, -0.2) is 4.79 Å². The van der Waals surface area contributed by atoms with Gasteiger partial charge in [-0.3, -0.25) is 0 Å². The van der Waals surface area contributed by atoms with Crippen LogP contribution in [-0.4, -0.2) is 53.2 Å². The summed E-state index contributed by atoms with van der Waals surface area (Å²) < 4.78 is 5.25. The summed E-state index contributed by atoms with van der Waals surface area (Å²) in [5.74, 6) is 0.316. The molecule has 0 spiro atoms. The van der Waals surface area contributed by atoms with E-state index in [1.54, 1.807) is 6.92 Å². The van der Waals surface area contributed by atoms with Gasteiger partial charge in [0.05, 0.1) is 12.2 Å². The van der Waals surface area contributed by atoms with Crippen LogP contribution in [0.3, 0.4) is 0 Å². The van der Waals surface area contributed by atoms with Crippen molar-refractivity contribution in [3.05, 3.63) is 0 Å². The fourth-order valence-corrected chi connectivity index (χ4v) is 2.66. The van der Waals surface area contributed by atoms with E-state index in [0.717, 1.165) is 25.7 Å². The van der Waals surface area contributed by atoms with E-state index in [1.165, 1.54) is 0 Å². The second-order valence-corrected chi connectivity index (χ2v) is 7.57. The molecule has 1 rings (SSSR count). The first kappa shape index (κ1) is 19.2. The molecule has 1 saturated carbocycles. The Morgan fingerprint density at radius 3 is 2.45 bits per heavy atom. The number of rotatable bonds is 6. The number of amides is 1. The summed E-state index contributed by atoms with van der Waals surface area (Å²) in [4.78, 5) is 11.7. The van der Waals surface area contributed by atoms with Crippen molar-refractivity contribution in [1.82, 2.24) is 10.6 Å². The Hall–Kier alpha value is -0.850. The number of hydrogen-bond donors (Lipinski definition) is 4. The van der Waals surface area contributed by atoms with Crippen molar-refractivity contribution in [2.75, 3.05) is 19.7 Å². The van der Waals surface area contributed by atoms with Crippen molar-refractivity contribution in [1.29, 1.82) is 0 Å². The smallest absolute Gasteiger partial charge is 0.407 e. The lowest BCUT2D eigenvalue weighted by Crippen LogP contribution is -2.50. The lowest BCUT2D eigenvalue weighted by molar-refractivity contribution is -0.00203. The minimum Gasteiger partial charge on any atom is -0.444 e. The van der Waals surface area contributed by atoms with Crippen LogP contribution in [0.5, 0.6) is 0 Å². The van der Waals surface area contributed by atoms with Crippen LogP contribution in [0.1, 0.15) is 53.4 Å². The van der Waals surface area contributed by atoms with Crippen LogP contribution in [0, 0.1) is 5.92 Å². The Bertz CT molecular complexity index is 353. The van der Waals surface area contributed by atoms with Gasteiger partial charge in [-0.15, -0.1) is 0 Å². The normalized spacial score (nSPS) is 25.4. The van der Waals surface area contributed by atoms with E-state index in [9.17, 15) is 9.90 Å². The molecule has 0 bridgehead atoms. The SMILES string of the molecule is CC(O)(CO)CNC1CCCCC1CNC(=O)OC(C)(C)C. The molecular weight excluding hydrogens is 284 g/mol. The van der Waals surface area contributed by atoms with Gasteiger partial charge in [-0.1, -0.05) is 12.8 Å². The Balaban J connectivity index is 2.43. The van der Waals surface area contributed by atoms with Gasteiger partial charge >= 0.3 is 6.09 Å². The van der Waals surface area contributed by atoms with Crippen LogP contribution in [0.2, 0.25) is 0 Å². The predicted octanol–water partition coefficient (Wildman–Crippen LogP) is 1.40. The molecule has 1 aliphatic carbocycles. The highest BCUT2D eigenvalue weighted by atomic mass is 16.6. The van der Waals surface area contributed by atoms with Crippen molar-refractivity contribution in [3.63, 3.8) is 0 Å². The van der Waals surface area contributed by atoms with Crippen LogP contribution < -0.4 is 10.6 Å². The monoisotopic (exact) mass is 316 g/mol. The highest BCUT2D eigenvalue weighted by molar-refractivity contribution is 5.67. The summed E-state index contributed by atoms with van der Waals surface area (Å²) >= 11 is 0. The maximum atomic E-state index is 11.7. The fourth-order valence-electron chi connectivity index (χ4n) is 2.66. The van der Waals surface area contributed by atoms with Gasteiger partial charge < -0.3 is 25.6 Å². The van der Waals surface area contributed by atoms with Crippen molar-refractivity contribution in [3.8, 4) is 0 Å². The minimum atomic E-state index is -1.11. The van der Waals surface area contributed by atoms with Gasteiger partial charge in [0.2, 0.25) is 0 Å². The Kier molecular flexibility index (Phi) is 7.09. The highest BCUT2D eigenvalue weighted by Crippen LogP contribution is 2.24. The van der Waals surface area contributed by atoms with Gasteiger partial charge in [0, 0.05) is 19.1 Å². The van der Waals surface area contributed by atoms with Crippen molar-refractivity contribution >= 4 is 6.09 Å². The standard InChI is InChI=1S/C16H32N2O4/c1-15(2,3)22-14(20)17-9-12-7-5-6-8-13(12)18-10-16(4,21)11-19/h12-13,18-19,21H,5-11H2,1-4H3,(H,17,20). The lowest BCUT2D eigenvalue weighted by Gasteiger charge is -2.34. The zero-order valence-electron chi connectivity index (χ0n) is 14.3. The predicted molar refractivity (Wildman–Crippen MR) is 85.7 cm³/mol. The first-order valence-corrected chi connectivity index (χ1v) is 8.16. The van der Waals surface area contributed by atoms with Crippen LogP contribution in [0.25, 0.3) is 0 Å². The average molecular weight is 316 g/mol. The quantitative estimate of drug-likeness (QED) is 0.595. The maximum absolute atomic E-state index is 11.7. The van der Waals surface area contributed by atoms with Crippen LogP contribution in [-0.2, 0) is 4.74 Å². The summed E-state index contributed by atoms with van der Waals surface area (Å²) in [6.45, 7) is 7.77. The van der Waals surface area contributed by atoms with Crippen LogP contribution >= 0.6 is 0 Å². The molecule has 0 heterocycles. The third-order valence-corrected chi connectivity index (χ3v) is 3.90. The molecule has 4 N–H and O–H groups in total. The highest BCUT2D eigenvalue weighted by Gasteiger charge is 2.28. The third-order valence-electron chi connectivity index (χ3n) is 3.90. The van der Waals surface area contributed by atoms with Gasteiger partial charge in [0.1, 0.15) is 5.60 Å². The first-order chi connectivity index (χ1) is 10.1. The van der Waals surface area contributed by atoms with E-state index in [0.29, 0.717) is 19.0 Å². The van der Waals surface area contributed by atoms with Gasteiger partial charge in [-0.2, -0.15) is 0 Å². The summed E-state index contributed by atoms with van der Waals surface area (Å²) in [7, 11) is 0. The first-order valence-electron chi connectivity index (χ1n) is 8.16. The largest absolute Gasteiger partial charge is 0.444 e. The third kappa shape index (κ3) is 7.42. The van der Waals surface area contributed by atoms with Gasteiger partial charge in [0.15, 0.2) is 0 Å². The van der Waals surface area contributed by atoms with Crippen LogP contribution in [0.4, 0.5) is 4.79 Å². The fraction of sp³-hybridized carbons (Fsp3) is 0.938. The number of aliphatic hydroxyl groups is 2. The number of carbonyl (C=O) groups excluding carboxylic acids is 1. The topological polar surface area (TPSA) is 90.8 Å². The number of ether oxygens (including phenoxy) is 1. The number of hydrogen-bond acceptors (Lipinski definition) is 5. The second kappa shape index (κ2) is 8.13. The number of nitrogens with one attached hydrogen (secondary N) is 2. The van der Waals surface area contributed by atoms with Crippen LogP contribution in [0.15, 0.2) is 0 Å². The molecule has 6 nitrogen and oxygen atoms in total. The molecule has 0 aromatic heterocycles. The Morgan fingerprint density at radius 2 is 1.86 bits per heavy atom. The lowest BCUT2D eigenvalue weighted by atomic mass is 9.84. The molecule has 0 saturated heterocycles. The minimum absolute atomic E-state index is 0.238. The number of aliphatic hydroxyl groups excluding tert-OH is 1. The second-order valence-electron chi connectivity index (χ2n) is 7.57. The molecule has 1 amide bonds. The zero-order valence-corrected chi connectivity index (χ0v) is 14.3. The molecule has 6 heteroatoms. The van der Waals surface area contributed by atoms with E-state index in [1.807, 2.05) is 20.8 Å². The van der Waals surface area contributed by atoms with E-state index in [-0.39, 0.29) is 18.7 Å². The van der Waals surface area contributed by atoms with E-state index >= 15 is 0 Å². The van der Waals surface area contributed by atoms with Crippen molar-refractivity contribution in [2.45, 2.75) is 70.6 Å². The Morgan fingerprint density at radius 1 is 1.23 bits per heavy atom. The molecular formula is C16H32N2O4. The molecule has 22 heavy (non-hydrogen) atoms. The van der Waals surface area contributed by atoms with Crippen molar-refractivity contribution < 1.29 is 19.7 Å². The molecule has 0 radical (unpaired) electrons. The van der Waals surface area contributed by atoms with Gasteiger partial charge in [-0.05, 0) is 46.5 Å². The van der Waals surface area contributed by atoms with E-state index in [2.05, 4.69) is 10.6 Å². The maximum Gasteiger partial charge on any atom is 0.407 e. The summed E-state index contributed by atoms with van der Waals surface area (Å²) in [5, 5.41) is 25.2. The summed E-state index contributed by atoms with van der Waals surface area (Å²) in [6.07, 6.45) is 3.95. The van der Waals surface area contributed by atoms with Gasteiger partial charge in [0.25, 0.3) is 0 Å². The molecule has 3 unspecified atom stereocenters. The number of alkyl carbamates (subject to hydrolysis) is 1. The summed E-state index contributed by atoms with van der Waals surface area (Å²) in [6, 6.07) is 0.238. The molecule has 1 aliphatic rings. The summed E-state index contributed by atoms with van der Waals surface area (Å²) in [5.41, 5.74) is -1.60. The molecule has 0 aliphatic heterocycles. The molecule has 3 atom stereocenters. The molecule has 0 aromatic rings.